The molecule has 7 heteroatoms. The topological polar surface area (TPSA) is 61.9 Å². The summed E-state index contributed by atoms with van der Waals surface area (Å²) in [5.74, 6) is -0.469. The average molecular weight is 335 g/mol. The number of rotatable bonds is 5. The number of amides is 3. The zero-order chi connectivity index (χ0) is 17.1. The van der Waals surface area contributed by atoms with Crippen LogP contribution >= 0.6 is 0 Å². The molecule has 0 saturated carbocycles. The monoisotopic (exact) mass is 335 g/mol. The van der Waals surface area contributed by atoms with Gasteiger partial charge in [0.15, 0.2) is 0 Å². The van der Waals surface area contributed by atoms with Gasteiger partial charge in [0.25, 0.3) is 0 Å². The molecule has 0 unspecified atom stereocenters. The number of nitrogens with one attached hydrogen (secondary N) is 1. The number of hydrogen-bond acceptors (Lipinski definition) is 3. The Morgan fingerprint density at radius 1 is 1.42 bits per heavy atom. The summed E-state index contributed by atoms with van der Waals surface area (Å²) in [4.78, 5) is 28.0. The van der Waals surface area contributed by atoms with Gasteiger partial charge < -0.3 is 19.9 Å². The van der Waals surface area contributed by atoms with Crippen LogP contribution in [-0.2, 0) is 16.0 Å². The normalized spacial score (nSPS) is 23.2. The third-order valence-corrected chi connectivity index (χ3v) is 4.73. The predicted molar refractivity (Wildman–Crippen MR) is 86.0 cm³/mol. The first kappa shape index (κ1) is 16.7. The van der Waals surface area contributed by atoms with Gasteiger partial charge in [-0.25, -0.2) is 9.18 Å². The molecule has 1 N–H and O–H groups in total. The third kappa shape index (κ3) is 3.36. The van der Waals surface area contributed by atoms with E-state index in [9.17, 15) is 14.0 Å². The van der Waals surface area contributed by atoms with E-state index in [0.717, 1.165) is 6.42 Å². The second-order valence-corrected chi connectivity index (χ2v) is 6.21. The first-order valence-corrected chi connectivity index (χ1v) is 8.17. The van der Waals surface area contributed by atoms with Gasteiger partial charge in [-0.15, -0.1) is 0 Å². The zero-order valence-corrected chi connectivity index (χ0v) is 13.7. The van der Waals surface area contributed by atoms with Crippen molar-refractivity contribution in [3.63, 3.8) is 0 Å². The number of methoxy groups -OCH3 is 1. The van der Waals surface area contributed by atoms with E-state index in [1.165, 1.54) is 6.07 Å². The predicted octanol–water partition coefficient (Wildman–Crippen LogP) is 1.01. The van der Waals surface area contributed by atoms with Gasteiger partial charge in [0.05, 0.1) is 25.1 Å². The number of carbonyl (C=O) groups is 2. The number of hydrogen-bond donors (Lipinski definition) is 1. The molecule has 1 aromatic carbocycles. The van der Waals surface area contributed by atoms with Crippen molar-refractivity contribution in [2.75, 3.05) is 33.4 Å². The molecule has 0 aliphatic carbocycles. The highest BCUT2D eigenvalue weighted by atomic mass is 19.1. The molecule has 2 saturated heterocycles. The summed E-state index contributed by atoms with van der Waals surface area (Å²) in [6.07, 6.45) is 0.765. The second kappa shape index (κ2) is 7.17. The number of urea groups is 1. The molecule has 2 aliphatic rings. The number of carbonyl (C=O) groups excluding carboxylic acids is 2. The summed E-state index contributed by atoms with van der Waals surface area (Å²) in [5.41, 5.74) is 0.404. The van der Waals surface area contributed by atoms with Crippen molar-refractivity contribution in [3.05, 3.63) is 35.6 Å². The first-order valence-electron chi connectivity index (χ1n) is 8.17. The van der Waals surface area contributed by atoms with Gasteiger partial charge in [0.1, 0.15) is 5.82 Å². The van der Waals surface area contributed by atoms with Gasteiger partial charge in [0, 0.05) is 26.7 Å². The summed E-state index contributed by atoms with van der Waals surface area (Å²) in [7, 11) is 1.61. The standard InChI is InChI=1S/C17H22FN3O3/c1-24-9-8-21-15-6-7-20(11-14(15)19-17(21)23)16(22)10-12-4-2-3-5-13(12)18/h2-5,14-15H,6-11H2,1H3,(H,19,23)/t14-,15+/m1/s1. The third-order valence-electron chi connectivity index (χ3n) is 4.73. The van der Waals surface area contributed by atoms with E-state index < -0.39 is 0 Å². The van der Waals surface area contributed by atoms with Crippen molar-refractivity contribution < 1.29 is 18.7 Å². The molecule has 24 heavy (non-hydrogen) atoms. The molecular formula is C17H22FN3O3. The highest BCUT2D eigenvalue weighted by molar-refractivity contribution is 5.80. The van der Waals surface area contributed by atoms with Crippen LogP contribution in [-0.4, -0.2) is 67.2 Å². The van der Waals surface area contributed by atoms with Gasteiger partial charge in [-0.2, -0.15) is 0 Å². The lowest BCUT2D eigenvalue weighted by molar-refractivity contribution is -0.132. The van der Waals surface area contributed by atoms with Crippen molar-refractivity contribution in [1.82, 2.24) is 15.1 Å². The van der Waals surface area contributed by atoms with Crippen LogP contribution < -0.4 is 5.32 Å². The van der Waals surface area contributed by atoms with Gasteiger partial charge >= 0.3 is 6.03 Å². The fraction of sp³-hybridized carbons (Fsp3) is 0.529. The van der Waals surface area contributed by atoms with Crippen molar-refractivity contribution >= 4 is 11.9 Å². The number of fused-ring (bicyclic) bond motifs is 1. The number of nitrogens with zero attached hydrogens (tertiary/aromatic N) is 2. The van der Waals surface area contributed by atoms with Crippen LogP contribution in [0.3, 0.4) is 0 Å². The molecule has 6 nitrogen and oxygen atoms in total. The Hall–Kier alpha value is -2.15. The molecule has 0 bridgehead atoms. The smallest absolute Gasteiger partial charge is 0.318 e. The molecule has 130 valence electrons. The molecule has 1 aromatic rings. The lowest BCUT2D eigenvalue weighted by Gasteiger charge is -2.36. The number of benzene rings is 1. The minimum absolute atomic E-state index is 0.0470. The van der Waals surface area contributed by atoms with Crippen LogP contribution in [0.5, 0.6) is 0 Å². The van der Waals surface area contributed by atoms with Gasteiger partial charge in [0.2, 0.25) is 5.91 Å². The molecule has 0 radical (unpaired) electrons. The van der Waals surface area contributed by atoms with Crippen LogP contribution in [0.15, 0.2) is 24.3 Å². The van der Waals surface area contributed by atoms with Crippen LogP contribution in [0.2, 0.25) is 0 Å². The summed E-state index contributed by atoms with van der Waals surface area (Å²) < 4.78 is 18.8. The Bertz CT molecular complexity index is 625. The molecule has 2 heterocycles. The molecule has 2 fully saturated rings. The maximum atomic E-state index is 13.7. The Labute approximate surface area is 140 Å². The molecule has 0 spiro atoms. The minimum atomic E-state index is -0.361. The van der Waals surface area contributed by atoms with Crippen LogP contribution in [0.1, 0.15) is 12.0 Å². The molecule has 3 amide bonds. The highest BCUT2D eigenvalue weighted by Gasteiger charge is 2.43. The van der Waals surface area contributed by atoms with Crippen molar-refractivity contribution in [3.8, 4) is 0 Å². The van der Waals surface area contributed by atoms with Gasteiger partial charge in [-0.1, -0.05) is 18.2 Å². The molecule has 0 aromatic heterocycles. The fourth-order valence-electron chi connectivity index (χ4n) is 3.45. The summed E-state index contributed by atoms with van der Waals surface area (Å²) in [6.45, 7) is 2.08. The summed E-state index contributed by atoms with van der Waals surface area (Å²) >= 11 is 0. The van der Waals surface area contributed by atoms with Crippen LogP contribution in [0.25, 0.3) is 0 Å². The Balaban J connectivity index is 1.60. The molecule has 2 aliphatic heterocycles. The number of piperidine rings is 1. The number of ether oxygens (including phenoxy) is 1. The summed E-state index contributed by atoms with van der Waals surface area (Å²) in [5, 5.41) is 2.94. The van der Waals surface area contributed by atoms with Crippen molar-refractivity contribution in [2.24, 2.45) is 0 Å². The lowest BCUT2D eigenvalue weighted by Crippen LogP contribution is -2.53. The van der Waals surface area contributed by atoms with E-state index in [1.54, 1.807) is 35.1 Å². The Morgan fingerprint density at radius 2 is 2.21 bits per heavy atom. The first-order chi connectivity index (χ1) is 11.6. The average Bonchev–Trinajstić information content (AvgIpc) is 2.89. The van der Waals surface area contributed by atoms with E-state index in [4.69, 9.17) is 4.74 Å². The highest BCUT2D eigenvalue weighted by Crippen LogP contribution is 2.23. The Kier molecular flexibility index (Phi) is 4.99. The zero-order valence-electron chi connectivity index (χ0n) is 13.7. The summed E-state index contributed by atoms with van der Waals surface area (Å²) in [6, 6.07) is 6.23. The Morgan fingerprint density at radius 3 is 2.96 bits per heavy atom. The van der Waals surface area contributed by atoms with Crippen LogP contribution in [0, 0.1) is 5.82 Å². The quantitative estimate of drug-likeness (QED) is 0.874. The van der Waals surface area contributed by atoms with E-state index in [-0.39, 0.29) is 36.3 Å². The maximum absolute atomic E-state index is 13.7. The number of likely N-dealkylation sites (tertiary alicyclic amines) is 1. The van der Waals surface area contributed by atoms with E-state index in [1.807, 2.05) is 0 Å². The van der Waals surface area contributed by atoms with Gasteiger partial charge in [-0.05, 0) is 18.1 Å². The van der Waals surface area contributed by atoms with Crippen molar-refractivity contribution in [1.29, 1.82) is 0 Å². The van der Waals surface area contributed by atoms with Crippen molar-refractivity contribution in [2.45, 2.75) is 24.9 Å². The minimum Gasteiger partial charge on any atom is -0.383 e. The largest absolute Gasteiger partial charge is 0.383 e. The number of halogens is 1. The van der Waals surface area contributed by atoms with E-state index >= 15 is 0 Å². The van der Waals surface area contributed by atoms with Crippen LogP contribution in [0.4, 0.5) is 9.18 Å². The van der Waals surface area contributed by atoms with Gasteiger partial charge in [-0.3, -0.25) is 4.79 Å². The molecule has 3 rings (SSSR count). The maximum Gasteiger partial charge on any atom is 0.318 e. The molecule has 2 atom stereocenters. The second-order valence-electron chi connectivity index (χ2n) is 6.21. The molecular weight excluding hydrogens is 313 g/mol. The van der Waals surface area contributed by atoms with E-state index in [2.05, 4.69) is 5.32 Å². The SMILES string of the molecule is COCCN1C(=O)N[C@@H]2CN(C(=O)Cc3ccccc3F)CC[C@@H]21. The fourth-order valence-corrected chi connectivity index (χ4v) is 3.45. The van der Waals surface area contributed by atoms with E-state index in [0.29, 0.717) is 31.8 Å². The lowest BCUT2D eigenvalue weighted by atomic mass is 9.99.